The van der Waals surface area contributed by atoms with E-state index in [1.54, 1.807) is 6.92 Å². The lowest BCUT2D eigenvalue weighted by atomic mass is 9.96. The van der Waals surface area contributed by atoms with Gasteiger partial charge < -0.3 is 9.84 Å². The lowest BCUT2D eigenvalue weighted by molar-refractivity contribution is -0.0405. The van der Waals surface area contributed by atoms with Crippen LogP contribution in [0.25, 0.3) is 0 Å². The third-order valence-electron chi connectivity index (χ3n) is 3.86. The maximum Gasteiger partial charge on any atom is 0.263 e. The van der Waals surface area contributed by atoms with Crippen LogP contribution < -0.4 is 0 Å². The number of imide groups is 1. The smallest absolute Gasteiger partial charge is 0.263 e. The van der Waals surface area contributed by atoms with E-state index in [4.69, 9.17) is 4.74 Å². The van der Waals surface area contributed by atoms with Crippen LogP contribution in [0.3, 0.4) is 0 Å². The monoisotopic (exact) mass is 262 g/mol. The number of amides is 2. The van der Waals surface area contributed by atoms with Gasteiger partial charge in [-0.1, -0.05) is 0 Å². The van der Waals surface area contributed by atoms with E-state index in [9.17, 15) is 14.7 Å². The summed E-state index contributed by atoms with van der Waals surface area (Å²) in [6.45, 7) is 2.13. The summed E-state index contributed by atoms with van der Waals surface area (Å²) in [6.07, 6.45) is 2.88. The summed E-state index contributed by atoms with van der Waals surface area (Å²) in [6, 6.07) is 1.52. The van der Waals surface area contributed by atoms with Gasteiger partial charge in [0, 0.05) is 25.4 Å². The Morgan fingerprint density at radius 1 is 1.47 bits per heavy atom. The minimum Gasteiger partial charge on any atom is -0.385 e. The molecule has 0 bridgehead atoms. The number of hydrogen-bond acceptors (Lipinski definition) is 5. The molecule has 2 aliphatic rings. The Morgan fingerprint density at radius 3 is 2.84 bits per heavy atom. The molecule has 19 heavy (non-hydrogen) atoms. The molecule has 0 spiro atoms. The summed E-state index contributed by atoms with van der Waals surface area (Å²) in [4.78, 5) is 29.3. The van der Waals surface area contributed by atoms with Gasteiger partial charge >= 0.3 is 0 Å². The highest BCUT2D eigenvalue weighted by atomic mass is 16.5. The largest absolute Gasteiger partial charge is 0.385 e. The molecule has 3 rings (SSSR count). The molecular formula is C13H14N2O4. The van der Waals surface area contributed by atoms with Gasteiger partial charge in [0.25, 0.3) is 11.8 Å². The summed E-state index contributed by atoms with van der Waals surface area (Å²) < 4.78 is 5.31. The molecule has 6 heteroatoms. The van der Waals surface area contributed by atoms with Crippen molar-refractivity contribution in [2.75, 3.05) is 13.2 Å². The van der Waals surface area contributed by atoms with Crippen LogP contribution in [0.5, 0.6) is 0 Å². The maximum absolute atomic E-state index is 12.2. The van der Waals surface area contributed by atoms with Crippen LogP contribution in [-0.4, -0.2) is 51.7 Å². The van der Waals surface area contributed by atoms with E-state index >= 15 is 0 Å². The Labute approximate surface area is 110 Å². The predicted octanol–water partition coefficient (Wildman–Crippen LogP) is 0.217. The SMILES string of the molecule is CC1OCCC1(O)CN1C(=O)c2ccncc2C1=O. The number of β-amino-alcohol motifs (C(OH)–C–C–N with tert-alkyl or cyclic N) is 1. The first kappa shape index (κ1) is 12.3. The number of carbonyl (C=O) groups is 2. The van der Waals surface area contributed by atoms with Crippen molar-refractivity contribution in [3.8, 4) is 0 Å². The third-order valence-corrected chi connectivity index (χ3v) is 3.86. The van der Waals surface area contributed by atoms with Gasteiger partial charge in [-0.05, 0) is 13.0 Å². The van der Waals surface area contributed by atoms with Crippen molar-refractivity contribution in [2.45, 2.75) is 25.0 Å². The number of hydrogen-bond donors (Lipinski definition) is 1. The first-order valence-corrected chi connectivity index (χ1v) is 6.17. The molecule has 1 fully saturated rings. The second-order valence-corrected chi connectivity index (χ2v) is 4.98. The van der Waals surface area contributed by atoms with Crippen LogP contribution in [0.15, 0.2) is 18.5 Å². The van der Waals surface area contributed by atoms with Crippen LogP contribution in [0, 0.1) is 0 Å². The molecule has 3 heterocycles. The van der Waals surface area contributed by atoms with Crippen LogP contribution >= 0.6 is 0 Å². The van der Waals surface area contributed by atoms with Gasteiger partial charge in [-0.15, -0.1) is 0 Å². The van der Waals surface area contributed by atoms with Crippen LogP contribution in [0.1, 0.15) is 34.1 Å². The van der Waals surface area contributed by atoms with Crippen molar-refractivity contribution >= 4 is 11.8 Å². The Morgan fingerprint density at radius 2 is 2.21 bits per heavy atom. The van der Waals surface area contributed by atoms with E-state index in [0.29, 0.717) is 24.2 Å². The number of aromatic nitrogens is 1. The minimum atomic E-state index is -1.17. The van der Waals surface area contributed by atoms with Crippen molar-refractivity contribution in [2.24, 2.45) is 0 Å². The van der Waals surface area contributed by atoms with Crippen molar-refractivity contribution in [1.82, 2.24) is 9.88 Å². The molecule has 2 aliphatic heterocycles. The lowest BCUT2D eigenvalue weighted by Crippen LogP contribution is -2.49. The average Bonchev–Trinajstić information content (AvgIpc) is 2.85. The number of nitrogens with zero attached hydrogens (tertiary/aromatic N) is 2. The quantitative estimate of drug-likeness (QED) is 0.771. The normalized spacial score (nSPS) is 30.0. The molecular weight excluding hydrogens is 248 g/mol. The lowest BCUT2D eigenvalue weighted by Gasteiger charge is -2.29. The van der Waals surface area contributed by atoms with Gasteiger partial charge in [0.15, 0.2) is 0 Å². The van der Waals surface area contributed by atoms with E-state index in [0.717, 1.165) is 4.90 Å². The molecule has 2 amide bonds. The highest BCUT2D eigenvalue weighted by Gasteiger charge is 2.46. The van der Waals surface area contributed by atoms with Crippen LogP contribution in [0.4, 0.5) is 0 Å². The first-order chi connectivity index (χ1) is 9.03. The summed E-state index contributed by atoms with van der Waals surface area (Å²) >= 11 is 0. The summed E-state index contributed by atoms with van der Waals surface area (Å²) in [5.41, 5.74) is -0.529. The summed E-state index contributed by atoms with van der Waals surface area (Å²) in [5.74, 6) is -0.782. The number of rotatable bonds is 2. The molecule has 0 radical (unpaired) electrons. The average molecular weight is 262 g/mol. The fourth-order valence-corrected chi connectivity index (χ4v) is 2.53. The number of aliphatic hydroxyl groups is 1. The highest BCUT2D eigenvalue weighted by Crippen LogP contribution is 2.30. The molecule has 1 N–H and O–H groups in total. The van der Waals surface area contributed by atoms with Gasteiger partial charge in [-0.25, -0.2) is 0 Å². The summed E-state index contributed by atoms with van der Waals surface area (Å²) in [7, 11) is 0. The predicted molar refractivity (Wildman–Crippen MR) is 64.6 cm³/mol. The maximum atomic E-state index is 12.2. The number of pyridine rings is 1. The van der Waals surface area contributed by atoms with Crippen molar-refractivity contribution in [1.29, 1.82) is 0 Å². The topological polar surface area (TPSA) is 79.7 Å². The Balaban J connectivity index is 1.89. The molecule has 0 saturated carbocycles. The molecule has 1 saturated heterocycles. The van der Waals surface area contributed by atoms with Crippen molar-refractivity contribution in [3.05, 3.63) is 29.6 Å². The van der Waals surface area contributed by atoms with Gasteiger partial charge in [-0.3, -0.25) is 19.5 Å². The second-order valence-electron chi connectivity index (χ2n) is 4.98. The van der Waals surface area contributed by atoms with Gasteiger partial charge in [-0.2, -0.15) is 0 Å². The molecule has 6 nitrogen and oxygen atoms in total. The third kappa shape index (κ3) is 1.75. The number of carbonyl (C=O) groups excluding carboxylic acids is 2. The summed E-state index contributed by atoms with van der Waals surface area (Å²) in [5, 5.41) is 10.4. The fourth-order valence-electron chi connectivity index (χ4n) is 2.53. The standard InChI is InChI=1S/C13H14N2O4/c1-8-13(18,3-5-19-8)7-15-11(16)9-2-4-14-6-10(9)12(15)17/h2,4,6,8,18H,3,5,7H2,1H3. The molecule has 100 valence electrons. The zero-order valence-corrected chi connectivity index (χ0v) is 10.5. The van der Waals surface area contributed by atoms with Gasteiger partial charge in [0.2, 0.25) is 0 Å². The van der Waals surface area contributed by atoms with Gasteiger partial charge in [0.05, 0.1) is 23.8 Å². The van der Waals surface area contributed by atoms with Crippen LogP contribution in [0.2, 0.25) is 0 Å². The van der Waals surface area contributed by atoms with Crippen molar-refractivity contribution in [3.63, 3.8) is 0 Å². The van der Waals surface area contributed by atoms with E-state index in [2.05, 4.69) is 4.98 Å². The highest BCUT2D eigenvalue weighted by molar-refractivity contribution is 6.21. The van der Waals surface area contributed by atoms with Crippen molar-refractivity contribution < 1.29 is 19.4 Å². The Kier molecular flexibility index (Phi) is 2.65. The zero-order chi connectivity index (χ0) is 13.6. The fraction of sp³-hybridized carbons (Fsp3) is 0.462. The van der Waals surface area contributed by atoms with Gasteiger partial charge in [0.1, 0.15) is 5.60 Å². The van der Waals surface area contributed by atoms with E-state index < -0.39 is 17.6 Å². The molecule has 2 atom stereocenters. The second kappa shape index (κ2) is 4.11. The van der Waals surface area contributed by atoms with Crippen LogP contribution in [-0.2, 0) is 4.74 Å². The molecule has 1 aromatic heterocycles. The van der Waals surface area contributed by atoms with E-state index in [1.165, 1.54) is 18.5 Å². The van der Waals surface area contributed by atoms with E-state index in [1.807, 2.05) is 0 Å². The zero-order valence-electron chi connectivity index (χ0n) is 10.5. The Hall–Kier alpha value is -1.79. The first-order valence-electron chi connectivity index (χ1n) is 6.17. The minimum absolute atomic E-state index is 0.0412. The number of fused-ring (bicyclic) bond motifs is 1. The molecule has 2 unspecified atom stereocenters. The molecule has 1 aromatic rings. The molecule has 0 aromatic carbocycles. The molecule has 0 aliphatic carbocycles. The number of ether oxygens (including phenoxy) is 1. The van der Waals surface area contributed by atoms with E-state index in [-0.39, 0.29) is 12.5 Å². The Bertz CT molecular complexity index is 524.